The Morgan fingerprint density at radius 1 is 1.39 bits per heavy atom. The summed E-state index contributed by atoms with van der Waals surface area (Å²) in [5.41, 5.74) is 6.20. The van der Waals surface area contributed by atoms with E-state index in [4.69, 9.17) is 5.73 Å². The number of hydrogen-bond donors (Lipinski definition) is 2. The number of nitrogens with zero attached hydrogens (tertiary/aromatic N) is 1. The molecule has 4 nitrogen and oxygen atoms in total. The molecule has 1 saturated carbocycles. The molecule has 2 rings (SSSR count). The van der Waals surface area contributed by atoms with E-state index in [0.29, 0.717) is 18.4 Å². The standard InChI is InChI=1S/C14H27N3O/c1-10(2)16-14(18)6-7-17-8-11-4-3-5-13(15)12(11)9-17/h10-13H,3-9,15H2,1-2H3,(H,16,18). The minimum atomic E-state index is 0.171. The van der Waals surface area contributed by atoms with Gasteiger partial charge < -0.3 is 16.0 Å². The third-order valence-electron chi connectivity index (χ3n) is 4.33. The van der Waals surface area contributed by atoms with Crippen LogP contribution in [0.5, 0.6) is 0 Å². The first-order valence-electron chi connectivity index (χ1n) is 7.33. The maximum absolute atomic E-state index is 11.6. The lowest BCUT2D eigenvalue weighted by Crippen LogP contribution is -2.38. The van der Waals surface area contributed by atoms with Gasteiger partial charge in [-0.3, -0.25) is 4.79 Å². The summed E-state index contributed by atoms with van der Waals surface area (Å²) in [6, 6.07) is 0.630. The quantitative estimate of drug-likeness (QED) is 0.784. The maximum Gasteiger partial charge on any atom is 0.221 e. The molecule has 0 aromatic carbocycles. The Bertz CT molecular complexity index is 293. The van der Waals surface area contributed by atoms with E-state index in [1.165, 1.54) is 19.3 Å². The Hall–Kier alpha value is -0.610. The van der Waals surface area contributed by atoms with Crippen molar-refractivity contribution in [2.24, 2.45) is 17.6 Å². The lowest BCUT2D eigenvalue weighted by atomic mass is 9.78. The Morgan fingerprint density at radius 3 is 2.83 bits per heavy atom. The number of fused-ring (bicyclic) bond motifs is 1. The van der Waals surface area contributed by atoms with Crippen molar-refractivity contribution in [3.05, 3.63) is 0 Å². The van der Waals surface area contributed by atoms with Crippen molar-refractivity contribution in [2.75, 3.05) is 19.6 Å². The van der Waals surface area contributed by atoms with Crippen LogP contribution in [-0.2, 0) is 4.79 Å². The molecule has 3 N–H and O–H groups in total. The van der Waals surface area contributed by atoms with E-state index in [2.05, 4.69) is 10.2 Å². The predicted molar refractivity (Wildman–Crippen MR) is 73.1 cm³/mol. The van der Waals surface area contributed by atoms with Crippen LogP contribution in [0.4, 0.5) is 0 Å². The van der Waals surface area contributed by atoms with Crippen molar-refractivity contribution < 1.29 is 4.79 Å². The minimum Gasteiger partial charge on any atom is -0.354 e. The van der Waals surface area contributed by atoms with Gasteiger partial charge in [0, 0.05) is 38.1 Å². The van der Waals surface area contributed by atoms with Gasteiger partial charge >= 0.3 is 0 Å². The van der Waals surface area contributed by atoms with Gasteiger partial charge in [-0.15, -0.1) is 0 Å². The summed E-state index contributed by atoms with van der Waals surface area (Å²) in [5, 5.41) is 2.95. The topological polar surface area (TPSA) is 58.4 Å². The highest BCUT2D eigenvalue weighted by Crippen LogP contribution is 2.35. The van der Waals surface area contributed by atoms with Gasteiger partial charge in [-0.1, -0.05) is 6.42 Å². The Balaban J connectivity index is 1.74. The molecule has 1 aliphatic carbocycles. The first kappa shape index (κ1) is 13.8. The molecule has 0 radical (unpaired) electrons. The zero-order valence-electron chi connectivity index (χ0n) is 11.7. The molecule has 0 aromatic heterocycles. The number of rotatable bonds is 4. The third-order valence-corrected chi connectivity index (χ3v) is 4.33. The number of carbonyl (C=O) groups is 1. The zero-order chi connectivity index (χ0) is 13.1. The second kappa shape index (κ2) is 6.02. The smallest absolute Gasteiger partial charge is 0.221 e. The van der Waals surface area contributed by atoms with Crippen LogP contribution in [0.3, 0.4) is 0 Å². The lowest BCUT2D eigenvalue weighted by Gasteiger charge is -2.29. The Morgan fingerprint density at radius 2 is 2.17 bits per heavy atom. The average Bonchev–Trinajstić information content (AvgIpc) is 2.70. The number of carbonyl (C=O) groups excluding carboxylic acids is 1. The molecule has 1 saturated heterocycles. The van der Waals surface area contributed by atoms with Gasteiger partial charge in [0.2, 0.25) is 5.91 Å². The third kappa shape index (κ3) is 3.45. The Labute approximate surface area is 110 Å². The van der Waals surface area contributed by atoms with Gasteiger partial charge in [-0.25, -0.2) is 0 Å². The molecule has 1 aliphatic heterocycles. The van der Waals surface area contributed by atoms with Gasteiger partial charge in [0.05, 0.1) is 0 Å². The molecule has 3 unspecified atom stereocenters. The van der Waals surface area contributed by atoms with Gasteiger partial charge in [0.1, 0.15) is 0 Å². The van der Waals surface area contributed by atoms with Crippen LogP contribution in [0.15, 0.2) is 0 Å². The zero-order valence-corrected chi connectivity index (χ0v) is 11.7. The molecule has 1 heterocycles. The second-order valence-electron chi connectivity index (χ2n) is 6.25. The highest BCUT2D eigenvalue weighted by molar-refractivity contribution is 5.76. The van der Waals surface area contributed by atoms with E-state index in [-0.39, 0.29) is 11.9 Å². The summed E-state index contributed by atoms with van der Waals surface area (Å²) in [6.45, 7) is 7.13. The molecule has 2 aliphatic rings. The molecular formula is C14H27N3O. The Kier molecular flexibility index (Phi) is 4.62. The number of nitrogens with one attached hydrogen (secondary N) is 1. The van der Waals surface area contributed by atoms with E-state index in [1.807, 2.05) is 13.8 Å². The average molecular weight is 253 g/mol. The molecule has 18 heavy (non-hydrogen) atoms. The number of amides is 1. The van der Waals surface area contributed by atoms with E-state index >= 15 is 0 Å². The predicted octanol–water partition coefficient (Wildman–Crippen LogP) is 0.960. The first-order chi connectivity index (χ1) is 8.56. The fraction of sp³-hybridized carbons (Fsp3) is 0.929. The molecule has 104 valence electrons. The van der Waals surface area contributed by atoms with Crippen molar-refractivity contribution in [1.29, 1.82) is 0 Å². The molecule has 1 amide bonds. The second-order valence-corrected chi connectivity index (χ2v) is 6.25. The van der Waals surface area contributed by atoms with Crippen LogP contribution in [-0.4, -0.2) is 42.5 Å². The van der Waals surface area contributed by atoms with Crippen molar-refractivity contribution in [2.45, 2.75) is 51.6 Å². The van der Waals surface area contributed by atoms with Crippen molar-refractivity contribution in [1.82, 2.24) is 10.2 Å². The van der Waals surface area contributed by atoms with Crippen molar-refractivity contribution >= 4 is 5.91 Å². The molecule has 3 atom stereocenters. The van der Waals surface area contributed by atoms with Crippen molar-refractivity contribution in [3.8, 4) is 0 Å². The van der Waals surface area contributed by atoms with E-state index < -0.39 is 0 Å². The monoisotopic (exact) mass is 253 g/mol. The number of hydrogen-bond acceptors (Lipinski definition) is 3. The van der Waals surface area contributed by atoms with Crippen LogP contribution in [0.1, 0.15) is 39.5 Å². The minimum absolute atomic E-state index is 0.171. The van der Waals surface area contributed by atoms with Crippen molar-refractivity contribution in [3.63, 3.8) is 0 Å². The van der Waals surface area contributed by atoms with Gasteiger partial charge in [-0.05, 0) is 38.5 Å². The van der Waals surface area contributed by atoms with Crippen LogP contribution in [0.25, 0.3) is 0 Å². The summed E-state index contributed by atoms with van der Waals surface area (Å²) in [6.07, 6.45) is 4.41. The van der Waals surface area contributed by atoms with E-state index in [1.54, 1.807) is 0 Å². The maximum atomic E-state index is 11.6. The fourth-order valence-corrected chi connectivity index (χ4v) is 3.45. The fourth-order valence-electron chi connectivity index (χ4n) is 3.45. The van der Waals surface area contributed by atoms with Gasteiger partial charge in [0.25, 0.3) is 0 Å². The molecule has 4 heteroatoms. The normalized spacial score (nSPS) is 32.6. The molecule has 0 spiro atoms. The highest BCUT2D eigenvalue weighted by atomic mass is 16.1. The summed E-state index contributed by atoms with van der Waals surface area (Å²) < 4.78 is 0. The van der Waals surface area contributed by atoms with Crippen LogP contribution in [0, 0.1) is 11.8 Å². The molecule has 2 fully saturated rings. The van der Waals surface area contributed by atoms with Crippen LogP contribution in [0.2, 0.25) is 0 Å². The molecular weight excluding hydrogens is 226 g/mol. The van der Waals surface area contributed by atoms with E-state index in [0.717, 1.165) is 25.6 Å². The van der Waals surface area contributed by atoms with Crippen LogP contribution < -0.4 is 11.1 Å². The highest BCUT2D eigenvalue weighted by Gasteiger charge is 2.38. The van der Waals surface area contributed by atoms with E-state index in [9.17, 15) is 4.79 Å². The number of likely N-dealkylation sites (tertiary alicyclic amines) is 1. The summed E-state index contributed by atoms with van der Waals surface area (Å²) in [4.78, 5) is 14.1. The SMILES string of the molecule is CC(C)NC(=O)CCN1CC2CCCC(N)C2C1. The molecule has 0 aromatic rings. The lowest BCUT2D eigenvalue weighted by molar-refractivity contribution is -0.121. The van der Waals surface area contributed by atoms with Crippen LogP contribution >= 0.6 is 0 Å². The summed E-state index contributed by atoms with van der Waals surface area (Å²) in [7, 11) is 0. The number of nitrogens with two attached hydrogens (primary N) is 1. The van der Waals surface area contributed by atoms with Gasteiger partial charge in [-0.2, -0.15) is 0 Å². The summed E-state index contributed by atoms with van der Waals surface area (Å²) >= 11 is 0. The first-order valence-corrected chi connectivity index (χ1v) is 7.33. The molecule has 0 bridgehead atoms. The largest absolute Gasteiger partial charge is 0.354 e. The van der Waals surface area contributed by atoms with Gasteiger partial charge in [0.15, 0.2) is 0 Å². The summed E-state index contributed by atoms with van der Waals surface area (Å²) in [5.74, 6) is 1.62.